The van der Waals surface area contributed by atoms with E-state index in [2.05, 4.69) is 47.6 Å². The van der Waals surface area contributed by atoms with Gasteiger partial charge in [-0.1, -0.05) is 36.4 Å². The minimum Gasteiger partial charge on any atom is -0.379 e. The van der Waals surface area contributed by atoms with Crippen LogP contribution >= 0.6 is 0 Å². The average Bonchev–Trinajstić information content (AvgIpc) is 3.34. The number of hydrogen-bond donors (Lipinski definition) is 2. The van der Waals surface area contributed by atoms with Crippen molar-refractivity contribution in [2.75, 3.05) is 76.2 Å². The van der Waals surface area contributed by atoms with Crippen LogP contribution in [0.2, 0.25) is 0 Å². The third-order valence-corrected chi connectivity index (χ3v) is 14.7. The summed E-state index contributed by atoms with van der Waals surface area (Å²) in [5.41, 5.74) is 7.61. The Morgan fingerprint density at radius 3 is 2.06 bits per heavy atom. The lowest BCUT2D eigenvalue weighted by atomic mass is 9.48. The molecule has 67 heavy (non-hydrogen) atoms. The second-order valence-electron chi connectivity index (χ2n) is 19.4. The largest absolute Gasteiger partial charge is 0.379 e. The van der Waals surface area contributed by atoms with Gasteiger partial charge >= 0.3 is 0 Å². The number of Topliss-reactive ketones (excluding diaryl/α,β-unsaturated/α-hetero) is 1. The fourth-order valence-electron chi connectivity index (χ4n) is 11.8. The van der Waals surface area contributed by atoms with Crippen LogP contribution in [-0.2, 0) is 36.6 Å². The van der Waals surface area contributed by atoms with Crippen molar-refractivity contribution in [1.29, 1.82) is 0 Å². The fraction of sp³-hybridized carbons (Fsp3) is 0.536. The number of aromatic nitrogens is 1. The number of anilines is 2. The van der Waals surface area contributed by atoms with Gasteiger partial charge < -0.3 is 34.5 Å². The van der Waals surface area contributed by atoms with Crippen LogP contribution in [0.5, 0.6) is 0 Å². The second kappa shape index (κ2) is 23.9. The predicted octanol–water partition coefficient (Wildman–Crippen LogP) is 10.2. The smallest absolute Gasteiger partial charge is 0.255 e. The standard InChI is InChI=1S/C56H72N4O7/c1-3-60(4-2)47-19-20-51(49(36-47)52-35-46(21-22-57-52)55(63)58-50-17-8-14-44-13-5-6-16-48(44)50)59-54(62)45-15-7-11-40(34-45)12-9-23-64-25-27-66-29-30-67-28-26-65-24-10-18-53(61)56-37-41-31-42(38-56)33-43(32-41)39-56/h5-7,11,13,15-16,19-22,34-36,41-43,50H,3-4,8-10,12,14,17-18,23-33,37-39H2,1-2H3,(H,58,63)(H,59,62)/t41?,42?,43?,50-,56?/m0/s1. The molecule has 0 aliphatic heterocycles. The molecule has 0 unspecified atom stereocenters. The molecule has 4 bridgehead atoms. The molecule has 0 saturated heterocycles. The number of ketones is 1. The average molecular weight is 913 g/mol. The number of carbonyl (C=O) groups excluding carboxylic acids is 3. The Kier molecular flexibility index (Phi) is 17.3. The zero-order valence-electron chi connectivity index (χ0n) is 39.9. The summed E-state index contributed by atoms with van der Waals surface area (Å²) in [5.74, 6) is 2.56. The summed E-state index contributed by atoms with van der Waals surface area (Å²) in [5, 5.41) is 6.43. The maximum atomic E-state index is 13.8. The zero-order chi connectivity index (χ0) is 46.4. The highest BCUT2D eigenvalue weighted by Gasteiger charge is 2.53. The highest BCUT2D eigenvalue weighted by Crippen LogP contribution is 2.60. The first-order valence-corrected chi connectivity index (χ1v) is 25.3. The molecule has 5 aliphatic rings. The van der Waals surface area contributed by atoms with Gasteiger partial charge in [0.2, 0.25) is 0 Å². The van der Waals surface area contributed by atoms with Crippen molar-refractivity contribution in [3.05, 3.63) is 113 Å². The van der Waals surface area contributed by atoms with Gasteiger partial charge in [0.1, 0.15) is 5.78 Å². The van der Waals surface area contributed by atoms with E-state index >= 15 is 0 Å². The van der Waals surface area contributed by atoms with Gasteiger partial charge in [-0.25, -0.2) is 0 Å². The third kappa shape index (κ3) is 12.8. The number of amides is 2. The Morgan fingerprint density at radius 2 is 1.36 bits per heavy atom. The Morgan fingerprint density at radius 1 is 0.701 bits per heavy atom. The molecular weight excluding hydrogens is 841 g/mol. The predicted molar refractivity (Wildman–Crippen MR) is 264 cm³/mol. The number of nitrogens with zero attached hydrogens (tertiary/aromatic N) is 2. The van der Waals surface area contributed by atoms with Gasteiger partial charge in [-0.3, -0.25) is 19.4 Å². The number of rotatable bonds is 26. The SMILES string of the molecule is CCN(CC)c1ccc(NC(=O)c2cccc(CCCOCCOCCOCCOCCCC(=O)C34CC5CC(CC(C5)C3)C4)c2)c(-c2cc(C(=O)N[C@H]3CCCc4ccccc43)ccn2)c1. The lowest BCUT2D eigenvalue weighted by Gasteiger charge is -2.56. The molecule has 1 atom stereocenters. The molecule has 0 spiro atoms. The van der Waals surface area contributed by atoms with Crippen molar-refractivity contribution in [1.82, 2.24) is 10.3 Å². The van der Waals surface area contributed by atoms with Crippen molar-refractivity contribution < 1.29 is 33.3 Å². The van der Waals surface area contributed by atoms with Crippen molar-refractivity contribution in [3.8, 4) is 11.3 Å². The first-order valence-electron chi connectivity index (χ1n) is 25.3. The molecule has 2 N–H and O–H groups in total. The normalized spacial score (nSPS) is 21.5. The quantitative estimate of drug-likeness (QED) is 0.0592. The molecule has 1 heterocycles. The van der Waals surface area contributed by atoms with Crippen molar-refractivity contribution in [2.24, 2.45) is 23.2 Å². The van der Waals surface area contributed by atoms with E-state index < -0.39 is 0 Å². The molecule has 358 valence electrons. The number of benzene rings is 3. The molecule has 4 saturated carbocycles. The summed E-state index contributed by atoms with van der Waals surface area (Å²) in [6, 6.07) is 25.6. The van der Waals surface area contributed by atoms with E-state index in [9.17, 15) is 14.4 Å². The molecular formula is C56H72N4O7. The molecule has 3 aromatic carbocycles. The van der Waals surface area contributed by atoms with Gasteiger partial charge in [0.25, 0.3) is 11.8 Å². The van der Waals surface area contributed by atoms with Gasteiger partial charge in [0.05, 0.1) is 57.1 Å². The Labute approximate surface area is 398 Å². The third-order valence-electron chi connectivity index (χ3n) is 14.7. The zero-order valence-corrected chi connectivity index (χ0v) is 39.9. The van der Waals surface area contributed by atoms with Gasteiger partial charge in [0.15, 0.2) is 0 Å². The van der Waals surface area contributed by atoms with E-state index in [4.69, 9.17) is 23.9 Å². The summed E-state index contributed by atoms with van der Waals surface area (Å²) in [6.45, 7) is 10.1. The first-order chi connectivity index (χ1) is 32.8. The van der Waals surface area contributed by atoms with E-state index in [1.54, 1.807) is 12.3 Å². The number of fused-ring (bicyclic) bond motifs is 1. The maximum absolute atomic E-state index is 13.8. The number of pyridine rings is 1. The molecule has 11 nitrogen and oxygen atoms in total. The summed E-state index contributed by atoms with van der Waals surface area (Å²) < 4.78 is 22.9. The molecule has 9 rings (SSSR count). The number of nitrogens with one attached hydrogen (secondary N) is 2. The Bertz CT molecular complexity index is 2240. The number of ether oxygens (including phenoxy) is 4. The number of hydrogen-bond acceptors (Lipinski definition) is 9. The first kappa shape index (κ1) is 48.5. The summed E-state index contributed by atoms with van der Waals surface area (Å²) in [4.78, 5) is 47.7. The summed E-state index contributed by atoms with van der Waals surface area (Å²) in [7, 11) is 0. The van der Waals surface area contributed by atoms with Crippen LogP contribution in [0.4, 0.5) is 11.4 Å². The number of carbonyl (C=O) groups is 3. The van der Waals surface area contributed by atoms with E-state index in [1.165, 1.54) is 30.4 Å². The molecule has 4 aromatic rings. The molecule has 5 aliphatic carbocycles. The maximum Gasteiger partial charge on any atom is 0.255 e. The number of aryl methyl sites for hydroxylation is 2. The lowest BCUT2D eigenvalue weighted by Crippen LogP contribution is -2.50. The highest BCUT2D eigenvalue weighted by molar-refractivity contribution is 6.06. The summed E-state index contributed by atoms with van der Waals surface area (Å²) in [6.07, 6.45) is 15.2. The van der Waals surface area contributed by atoms with Crippen LogP contribution < -0.4 is 15.5 Å². The van der Waals surface area contributed by atoms with Crippen LogP contribution in [0.1, 0.15) is 128 Å². The minimum absolute atomic E-state index is 0.00589. The van der Waals surface area contributed by atoms with Gasteiger partial charge in [-0.15, -0.1) is 0 Å². The molecule has 1 aromatic heterocycles. The van der Waals surface area contributed by atoms with Crippen LogP contribution in [-0.4, -0.2) is 88.5 Å². The van der Waals surface area contributed by atoms with Crippen LogP contribution in [0, 0.1) is 23.2 Å². The van der Waals surface area contributed by atoms with E-state index in [0.29, 0.717) is 87.6 Å². The van der Waals surface area contributed by atoms with Crippen molar-refractivity contribution >= 4 is 29.0 Å². The van der Waals surface area contributed by atoms with Crippen molar-refractivity contribution in [2.45, 2.75) is 103 Å². The van der Waals surface area contributed by atoms with Crippen LogP contribution in [0.3, 0.4) is 0 Å². The molecule has 4 fully saturated rings. The topological polar surface area (TPSA) is 128 Å². The van der Waals surface area contributed by atoms with E-state index in [1.807, 2.05) is 54.6 Å². The van der Waals surface area contributed by atoms with Crippen molar-refractivity contribution in [3.63, 3.8) is 0 Å². The second-order valence-corrected chi connectivity index (χ2v) is 19.4. The van der Waals surface area contributed by atoms with E-state index in [0.717, 1.165) is 105 Å². The lowest BCUT2D eigenvalue weighted by molar-refractivity contribution is -0.144. The highest BCUT2D eigenvalue weighted by atomic mass is 16.6. The monoisotopic (exact) mass is 913 g/mol. The molecule has 2 amide bonds. The van der Waals surface area contributed by atoms with Gasteiger partial charge in [0, 0.05) is 66.7 Å². The Balaban J connectivity index is 0.727. The van der Waals surface area contributed by atoms with E-state index in [-0.39, 0.29) is 23.3 Å². The van der Waals surface area contributed by atoms with Crippen LogP contribution in [0.25, 0.3) is 11.3 Å². The Hall–Kier alpha value is -4.94. The molecule has 0 radical (unpaired) electrons. The minimum atomic E-state index is -0.219. The van der Waals surface area contributed by atoms with Gasteiger partial charge in [-0.2, -0.15) is 0 Å². The fourth-order valence-corrected chi connectivity index (χ4v) is 11.8. The van der Waals surface area contributed by atoms with Crippen LogP contribution in [0.15, 0.2) is 85.1 Å². The molecule has 11 heteroatoms. The summed E-state index contributed by atoms with van der Waals surface area (Å²) >= 11 is 0. The van der Waals surface area contributed by atoms with Gasteiger partial charge in [-0.05, 0) is 168 Å².